The number of rotatable bonds is 6. The van der Waals surface area contributed by atoms with E-state index >= 15 is 0 Å². The third-order valence-electron chi connectivity index (χ3n) is 3.89. The van der Waals surface area contributed by atoms with Gasteiger partial charge in [0.1, 0.15) is 0 Å². The molecule has 1 aromatic heterocycles. The molecule has 1 aromatic carbocycles. The van der Waals surface area contributed by atoms with Gasteiger partial charge in [-0.15, -0.1) is 0 Å². The summed E-state index contributed by atoms with van der Waals surface area (Å²) in [5.41, 5.74) is 0.736. The maximum absolute atomic E-state index is 12.1. The summed E-state index contributed by atoms with van der Waals surface area (Å²) in [6.45, 7) is 2.07. The molecule has 0 unspecified atom stereocenters. The number of nitrogens with one attached hydrogen (secondary N) is 1. The topological polar surface area (TPSA) is 115 Å². The van der Waals surface area contributed by atoms with Crippen LogP contribution in [-0.4, -0.2) is 52.1 Å². The molecular formula is C17H17ClN4O5. The van der Waals surface area contributed by atoms with E-state index in [0.29, 0.717) is 17.4 Å². The van der Waals surface area contributed by atoms with Crippen LogP contribution in [-0.2, 0) is 20.7 Å². The summed E-state index contributed by atoms with van der Waals surface area (Å²) < 4.78 is 10.2. The molecule has 1 atom stereocenters. The Morgan fingerprint density at radius 2 is 2.11 bits per heavy atom. The van der Waals surface area contributed by atoms with Crippen LogP contribution in [0.2, 0.25) is 5.02 Å². The molecule has 2 aromatic rings. The predicted octanol–water partition coefficient (Wildman–Crippen LogP) is 1.81. The van der Waals surface area contributed by atoms with Crippen LogP contribution in [0.5, 0.6) is 0 Å². The molecule has 1 aliphatic heterocycles. The Balaban J connectivity index is 1.50. The first-order valence-corrected chi connectivity index (χ1v) is 8.69. The van der Waals surface area contributed by atoms with Gasteiger partial charge in [0.05, 0.1) is 6.42 Å². The summed E-state index contributed by atoms with van der Waals surface area (Å²) >= 11 is 5.84. The number of aryl methyl sites for hydroxylation is 1. The molecule has 1 saturated heterocycles. The van der Waals surface area contributed by atoms with Crippen LogP contribution in [0, 0.1) is 0 Å². The van der Waals surface area contributed by atoms with Crippen molar-refractivity contribution in [3.63, 3.8) is 0 Å². The average Bonchev–Trinajstić information content (AvgIpc) is 3.29. The Hall–Kier alpha value is -2.94. The average molecular weight is 393 g/mol. The van der Waals surface area contributed by atoms with Gasteiger partial charge in [-0.1, -0.05) is 16.8 Å². The Bertz CT molecular complexity index is 851. The van der Waals surface area contributed by atoms with Gasteiger partial charge in [-0.2, -0.15) is 4.98 Å². The Kier molecular flexibility index (Phi) is 5.70. The number of urea groups is 1. The lowest BCUT2D eigenvalue weighted by Gasteiger charge is -2.17. The summed E-state index contributed by atoms with van der Waals surface area (Å²) in [7, 11) is 0. The summed E-state index contributed by atoms with van der Waals surface area (Å²) in [4.78, 5) is 40.7. The van der Waals surface area contributed by atoms with Crippen LogP contribution in [0.25, 0.3) is 11.4 Å². The molecule has 0 saturated carbocycles. The Morgan fingerprint density at radius 3 is 2.78 bits per heavy atom. The van der Waals surface area contributed by atoms with Gasteiger partial charge in [0.15, 0.2) is 6.10 Å². The van der Waals surface area contributed by atoms with Gasteiger partial charge in [0, 0.05) is 30.1 Å². The zero-order chi connectivity index (χ0) is 19.4. The quantitative estimate of drug-likeness (QED) is 0.745. The number of carbonyl (C=O) groups is 3. The molecule has 1 aliphatic rings. The highest BCUT2D eigenvalue weighted by atomic mass is 35.5. The molecule has 0 bridgehead atoms. The highest BCUT2D eigenvalue weighted by Gasteiger charge is 2.31. The first-order valence-electron chi connectivity index (χ1n) is 8.31. The fourth-order valence-electron chi connectivity index (χ4n) is 2.49. The number of benzene rings is 1. The van der Waals surface area contributed by atoms with Gasteiger partial charge in [-0.05, 0) is 31.2 Å². The predicted molar refractivity (Wildman–Crippen MR) is 93.7 cm³/mol. The largest absolute Gasteiger partial charge is 0.453 e. The number of ether oxygens (including phenoxy) is 1. The molecule has 0 aliphatic carbocycles. The van der Waals surface area contributed by atoms with E-state index in [-0.39, 0.29) is 25.3 Å². The minimum atomic E-state index is -1.05. The molecule has 1 N–H and O–H groups in total. The SMILES string of the molecule is C[C@H](OC(=O)CCc1nc(-c2ccc(Cl)cc2)no1)C(=O)N1CCNC1=O. The smallest absolute Gasteiger partial charge is 0.324 e. The molecule has 0 spiro atoms. The van der Waals surface area contributed by atoms with Crippen molar-refractivity contribution in [1.82, 2.24) is 20.4 Å². The molecule has 9 nitrogen and oxygen atoms in total. The van der Waals surface area contributed by atoms with Crippen LogP contribution in [0.3, 0.4) is 0 Å². The number of hydrogen-bond donors (Lipinski definition) is 1. The van der Waals surface area contributed by atoms with Crippen LogP contribution in [0.1, 0.15) is 19.2 Å². The number of imide groups is 1. The van der Waals surface area contributed by atoms with Crippen molar-refractivity contribution in [3.05, 3.63) is 35.2 Å². The summed E-state index contributed by atoms with van der Waals surface area (Å²) in [5.74, 6) is -0.490. The third kappa shape index (κ3) is 4.62. The molecule has 3 rings (SSSR count). The van der Waals surface area contributed by atoms with Crippen molar-refractivity contribution in [2.24, 2.45) is 0 Å². The van der Waals surface area contributed by atoms with Gasteiger partial charge in [0.25, 0.3) is 5.91 Å². The van der Waals surface area contributed by atoms with E-state index in [2.05, 4.69) is 15.5 Å². The van der Waals surface area contributed by atoms with Gasteiger partial charge in [-0.25, -0.2) is 4.79 Å². The minimum Gasteiger partial charge on any atom is -0.453 e. The lowest BCUT2D eigenvalue weighted by atomic mass is 10.2. The zero-order valence-corrected chi connectivity index (χ0v) is 15.2. The van der Waals surface area contributed by atoms with Crippen LogP contribution in [0.4, 0.5) is 4.79 Å². The summed E-state index contributed by atoms with van der Waals surface area (Å²) in [6, 6.07) is 6.45. The van der Waals surface area contributed by atoms with Gasteiger partial charge < -0.3 is 14.6 Å². The molecule has 2 heterocycles. The van der Waals surface area contributed by atoms with E-state index in [0.717, 1.165) is 10.5 Å². The van der Waals surface area contributed by atoms with Crippen LogP contribution in [0.15, 0.2) is 28.8 Å². The van der Waals surface area contributed by atoms with Gasteiger partial charge >= 0.3 is 12.0 Å². The second kappa shape index (κ2) is 8.17. The number of nitrogens with zero attached hydrogens (tertiary/aromatic N) is 3. The number of carbonyl (C=O) groups excluding carboxylic acids is 3. The number of esters is 1. The van der Waals surface area contributed by atoms with E-state index in [1.54, 1.807) is 24.3 Å². The molecule has 10 heteroatoms. The van der Waals surface area contributed by atoms with Crippen molar-refractivity contribution in [2.45, 2.75) is 25.9 Å². The van der Waals surface area contributed by atoms with E-state index in [1.807, 2.05) is 0 Å². The number of halogens is 1. The molecular weight excluding hydrogens is 376 g/mol. The molecule has 27 heavy (non-hydrogen) atoms. The van der Waals surface area contributed by atoms with Gasteiger partial charge in [-0.3, -0.25) is 14.5 Å². The molecule has 3 amide bonds. The normalized spacial score (nSPS) is 14.7. The van der Waals surface area contributed by atoms with Crippen molar-refractivity contribution in [3.8, 4) is 11.4 Å². The van der Waals surface area contributed by atoms with Crippen molar-refractivity contribution in [2.75, 3.05) is 13.1 Å². The number of amides is 3. The lowest BCUT2D eigenvalue weighted by Crippen LogP contribution is -2.41. The first kappa shape index (κ1) is 18.8. The standard InChI is InChI=1S/C17H17ClN4O5/c1-10(16(24)22-9-8-19-17(22)25)26-14(23)7-6-13-20-15(21-27-13)11-2-4-12(18)5-3-11/h2-5,10H,6-9H2,1H3,(H,19,25)/t10-/m0/s1. The molecule has 0 radical (unpaired) electrons. The van der Waals surface area contributed by atoms with E-state index in [9.17, 15) is 14.4 Å². The van der Waals surface area contributed by atoms with E-state index in [1.165, 1.54) is 6.92 Å². The first-order chi connectivity index (χ1) is 12.9. The number of aromatic nitrogens is 2. The second-order valence-electron chi connectivity index (χ2n) is 5.87. The van der Waals surface area contributed by atoms with Crippen molar-refractivity contribution >= 4 is 29.5 Å². The fourth-order valence-corrected chi connectivity index (χ4v) is 2.62. The van der Waals surface area contributed by atoms with E-state index in [4.69, 9.17) is 20.9 Å². The third-order valence-corrected chi connectivity index (χ3v) is 4.14. The highest BCUT2D eigenvalue weighted by Crippen LogP contribution is 2.19. The van der Waals surface area contributed by atoms with Crippen LogP contribution < -0.4 is 5.32 Å². The van der Waals surface area contributed by atoms with Crippen molar-refractivity contribution < 1.29 is 23.6 Å². The maximum Gasteiger partial charge on any atom is 0.324 e. The maximum atomic E-state index is 12.1. The zero-order valence-electron chi connectivity index (χ0n) is 14.5. The lowest BCUT2D eigenvalue weighted by molar-refractivity contribution is -0.157. The van der Waals surface area contributed by atoms with Crippen molar-refractivity contribution in [1.29, 1.82) is 0 Å². The Labute approximate surface area is 159 Å². The number of hydrogen-bond acceptors (Lipinski definition) is 7. The van der Waals surface area contributed by atoms with E-state index < -0.39 is 24.0 Å². The van der Waals surface area contributed by atoms with Gasteiger partial charge in [0.2, 0.25) is 11.7 Å². The Morgan fingerprint density at radius 1 is 1.37 bits per heavy atom. The molecule has 142 valence electrons. The monoisotopic (exact) mass is 392 g/mol. The summed E-state index contributed by atoms with van der Waals surface area (Å²) in [5, 5.41) is 6.97. The minimum absolute atomic E-state index is 0.0356. The summed E-state index contributed by atoms with van der Waals surface area (Å²) in [6.07, 6.45) is -0.912. The second-order valence-corrected chi connectivity index (χ2v) is 6.31. The fraction of sp³-hybridized carbons (Fsp3) is 0.353. The highest BCUT2D eigenvalue weighted by molar-refractivity contribution is 6.30. The van der Waals surface area contributed by atoms with Crippen LogP contribution >= 0.6 is 11.6 Å². The molecule has 1 fully saturated rings.